The van der Waals surface area contributed by atoms with Gasteiger partial charge in [0, 0.05) is 17.7 Å². The lowest BCUT2D eigenvalue weighted by Crippen LogP contribution is -2.34. The largest absolute Gasteiger partial charge is 0.477 e. The molecule has 0 aromatic heterocycles. The molecule has 0 radical (unpaired) electrons. The SMILES string of the molecule is O=C(COc1cc(F)ccc1[N+](=O)[O-])NC(=O)c1ccccc1. The predicted molar refractivity (Wildman–Crippen MR) is 77.5 cm³/mol. The van der Waals surface area contributed by atoms with E-state index < -0.39 is 40.6 Å². The number of carbonyl (C=O) groups excluding carboxylic acids is 2. The average molecular weight is 318 g/mol. The van der Waals surface area contributed by atoms with Gasteiger partial charge in [0.05, 0.1) is 4.92 Å². The van der Waals surface area contributed by atoms with Crippen LogP contribution in [0.5, 0.6) is 5.75 Å². The van der Waals surface area contributed by atoms with Crippen molar-refractivity contribution in [2.75, 3.05) is 6.61 Å². The van der Waals surface area contributed by atoms with E-state index in [-0.39, 0.29) is 5.56 Å². The number of hydrogen-bond acceptors (Lipinski definition) is 5. The van der Waals surface area contributed by atoms with Crippen LogP contribution in [0.15, 0.2) is 48.5 Å². The first-order valence-electron chi connectivity index (χ1n) is 6.43. The molecule has 1 N–H and O–H groups in total. The van der Waals surface area contributed by atoms with E-state index in [2.05, 4.69) is 5.32 Å². The zero-order valence-electron chi connectivity index (χ0n) is 11.7. The highest BCUT2D eigenvalue weighted by molar-refractivity contribution is 6.05. The maximum atomic E-state index is 13.1. The van der Waals surface area contributed by atoms with E-state index in [0.717, 1.165) is 18.2 Å². The van der Waals surface area contributed by atoms with Gasteiger partial charge in [-0.2, -0.15) is 0 Å². The van der Waals surface area contributed by atoms with E-state index in [1.807, 2.05) is 0 Å². The van der Waals surface area contributed by atoms with Gasteiger partial charge in [-0.25, -0.2) is 4.39 Å². The quantitative estimate of drug-likeness (QED) is 0.672. The summed E-state index contributed by atoms with van der Waals surface area (Å²) in [5.41, 5.74) is -0.203. The Labute approximate surface area is 129 Å². The van der Waals surface area contributed by atoms with Gasteiger partial charge in [-0.1, -0.05) is 18.2 Å². The lowest BCUT2D eigenvalue weighted by atomic mass is 10.2. The van der Waals surface area contributed by atoms with Crippen LogP contribution in [0.3, 0.4) is 0 Å². The molecule has 0 spiro atoms. The van der Waals surface area contributed by atoms with Gasteiger partial charge in [0.15, 0.2) is 6.61 Å². The minimum Gasteiger partial charge on any atom is -0.477 e. The number of hydrogen-bond donors (Lipinski definition) is 1. The van der Waals surface area contributed by atoms with Gasteiger partial charge in [0.2, 0.25) is 5.75 Å². The van der Waals surface area contributed by atoms with E-state index in [9.17, 15) is 24.1 Å². The highest BCUT2D eigenvalue weighted by atomic mass is 19.1. The van der Waals surface area contributed by atoms with Crippen molar-refractivity contribution in [2.24, 2.45) is 0 Å². The lowest BCUT2D eigenvalue weighted by Gasteiger charge is -2.07. The fraction of sp³-hybridized carbons (Fsp3) is 0.0667. The van der Waals surface area contributed by atoms with Crippen molar-refractivity contribution in [1.29, 1.82) is 0 Å². The first-order chi connectivity index (χ1) is 11.0. The van der Waals surface area contributed by atoms with Crippen molar-refractivity contribution in [3.05, 3.63) is 70.0 Å². The molecule has 23 heavy (non-hydrogen) atoms. The summed E-state index contributed by atoms with van der Waals surface area (Å²) in [4.78, 5) is 33.4. The van der Waals surface area contributed by atoms with Crippen molar-refractivity contribution in [1.82, 2.24) is 5.32 Å². The molecule has 2 amide bonds. The van der Waals surface area contributed by atoms with E-state index in [4.69, 9.17) is 4.74 Å². The van der Waals surface area contributed by atoms with Gasteiger partial charge in [-0.05, 0) is 18.2 Å². The molecule has 0 bridgehead atoms. The molecule has 0 aliphatic rings. The van der Waals surface area contributed by atoms with Gasteiger partial charge in [-0.15, -0.1) is 0 Å². The average Bonchev–Trinajstić information content (AvgIpc) is 2.53. The Hall–Kier alpha value is -3.29. The number of halogens is 1. The van der Waals surface area contributed by atoms with Gasteiger partial charge in [0.25, 0.3) is 11.8 Å². The van der Waals surface area contributed by atoms with Crippen LogP contribution in [0.25, 0.3) is 0 Å². The number of carbonyl (C=O) groups is 2. The minimum atomic E-state index is -0.808. The highest BCUT2D eigenvalue weighted by Gasteiger charge is 2.18. The van der Waals surface area contributed by atoms with Crippen molar-refractivity contribution in [2.45, 2.75) is 0 Å². The van der Waals surface area contributed by atoms with Crippen LogP contribution in [-0.2, 0) is 4.79 Å². The molecule has 7 nitrogen and oxygen atoms in total. The predicted octanol–water partition coefficient (Wildman–Crippen LogP) is 2.07. The van der Waals surface area contributed by atoms with Crippen LogP contribution < -0.4 is 10.1 Å². The number of imide groups is 1. The maximum absolute atomic E-state index is 13.1. The van der Waals surface area contributed by atoms with E-state index >= 15 is 0 Å². The molecule has 0 saturated heterocycles. The minimum absolute atomic E-state index is 0.276. The molecule has 2 aromatic rings. The Kier molecular flexibility index (Phi) is 4.98. The molecule has 8 heteroatoms. The molecular weight excluding hydrogens is 307 g/mol. The monoisotopic (exact) mass is 318 g/mol. The molecule has 0 fully saturated rings. The summed E-state index contributed by atoms with van der Waals surface area (Å²) < 4.78 is 18.0. The number of nitrogens with one attached hydrogen (secondary N) is 1. The number of nitro benzene ring substituents is 1. The highest BCUT2D eigenvalue weighted by Crippen LogP contribution is 2.27. The summed E-state index contributed by atoms with van der Waals surface area (Å²) in [7, 11) is 0. The van der Waals surface area contributed by atoms with Crippen molar-refractivity contribution >= 4 is 17.5 Å². The van der Waals surface area contributed by atoms with Crippen LogP contribution in [0.4, 0.5) is 10.1 Å². The van der Waals surface area contributed by atoms with Crippen LogP contribution in [0.1, 0.15) is 10.4 Å². The zero-order valence-corrected chi connectivity index (χ0v) is 11.7. The number of amides is 2. The number of rotatable bonds is 5. The third kappa shape index (κ3) is 4.34. The number of nitro groups is 1. The summed E-state index contributed by atoms with van der Waals surface area (Å²) in [6.07, 6.45) is 0. The van der Waals surface area contributed by atoms with E-state index in [1.165, 1.54) is 12.1 Å². The summed E-state index contributed by atoms with van der Waals surface area (Å²) in [6, 6.07) is 10.6. The van der Waals surface area contributed by atoms with Crippen LogP contribution in [-0.4, -0.2) is 23.3 Å². The normalized spacial score (nSPS) is 9.96. The second-order valence-corrected chi connectivity index (χ2v) is 4.40. The molecule has 2 aromatic carbocycles. The van der Waals surface area contributed by atoms with Crippen molar-refractivity contribution < 1.29 is 23.6 Å². The summed E-state index contributed by atoms with van der Waals surface area (Å²) in [6.45, 7) is -0.664. The maximum Gasteiger partial charge on any atom is 0.311 e. The van der Waals surface area contributed by atoms with Crippen LogP contribution in [0.2, 0.25) is 0 Å². The smallest absolute Gasteiger partial charge is 0.311 e. The molecule has 0 aliphatic heterocycles. The zero-order chi connectivity index (χ0) is 16.8. The number of benzene rings is 2. The fourth-order valence-corrected chi connectivity index (χ4v) is 1.72. The molecule has 118 valence electrons. The second kappa shape index (κ2) is 7.12. The molecule has 2 rings (SSSR count). The molecule has 0 unspecified atom stereocenters. The standard InChI is InChI=1S/C15H11FN2O5/c16-11-6-7-12(18(21)22)13(8-11)23-9-14(19)17-15(20)10-4-2-1-3-5-10/h1-8H,9H2,(H,17,19,20). The third-order valence-electron chi connectivity index (χ3n) is 2.77. The topological polar surface area (TPSA) is 98.5 Å². The first-order valence-corrected chi connectivity index (χ1v) is 6.43. The summed E-state index contributed by atoms with van der Waals surface area (Å²) in [5, 5.41) is 12.9. The second-order valence-electron chi connectivity index (χ2n) is 4.40. The third-order valence-corrected chi connectivity index (χ3v) is 2.77. The lowest BCUT2D eigenvalue weighted by molar-refractivity contribution is -0.385. The molecule has 0 aliphatic carbocycles. The van der Waals surface area contributed by atoms with Gasteiger partial charge in [0.1, 0.15) is 5.82 Å². The van der Waals surface area contributed by atoms with Crippen LogP contribution in [0, 0.1) is 15.9 Å². The Bertz CT molecular complexity index is 749. The van der Waals surface area contributed by atoms with Crippen LogP contribution >= 0.6 is 0 Å². The van der Waals surface area contributed by atoms with Gasteiger partial charge in [-0.3, -0.25) is 25.0 Å². The first kappa shape index (κ1) is 16.1. The van der Waals surface area contributed by atoms with E-state index in [0.29, 0.717) is 0 Å². The Balaban J connectivity index is 1.98. The fourth-order valence-electron chi connectivity index (χ4n) is 1.72. The van der Waals surface area contributed by atoms with Crippen molar-refractivity contribution in [3.63, 3.8) is 0 Å². The number of ether oxygens (including phenoxy) is 1. The number of nitrogens with zero attached hydrogens (tertiary/aromatic N) is 1. The molecule has 0 heterocycles. The molecule has 0 saturated carbocycles. The summed E-state index contributed by atoms with van der Waals surface area (Å²) >= 11 is 0. The Morgan fingerprint density at radius 3 is 2.52 bits per heavy atom. The Morgan fingerprint density at radius 2 is 1.87 bits per heavy atom. The summed E-state index contributed by atoms with van der Waals surface area (Å²) in [5.74, 6) is -2.57. The Morgan fingerprint density at radius 1 is 1.17 bits per heavy atom. The molecular formula is C15H11FN2O5. The van der Waals surface area contributed by atoms with E-state index in [1.54, 1.807) is 18.2 Å². The van der Waals surface area contributed by atoms with Gasteiger partial charge >= 0.3 is 5.69 Å². The molecule has 0 atom stereocenters. The van der Waals surface area contributed by atoms with Crippen molar-refractivity contribution in [3.8, 4) is 5.75 Å². The van der Waals surface area contributed by atoms with Gasteiger partial charge < -0.3 is 4.74 Å².